The van der Waals surface area contributed by atoms with Gasteiger partial charge in [-0.2, -0.15) is 0 Å². The van der Waals surface area contributed by atoms with Crippen molar-refractivity contribution in [1.29, 1.82) is 0 Å². The van der Waals surface area contributed by atoms with Crippen LogP contribution in [0, 0.1) is 19.3 Å². The predicted molar refractivity (Wildman–Crippen MR) is 69.3 cm³/mol. The fourth-order valence-electron chi connectivity index (χ4n) is 2.04. The van der Waals surface area contributed by atoms with Crippen molar-refractivity contribution in [3.05, 3.63) is 28.8 Å². The van der Waals surface area contributed by atoms with Crippen molar-refractivity contribution in [2.45, 2.75) is 26.3 Å². The second kappa shape index (κ2) is 4.53. The van der Waals surface area contributed by atoms with Crippen LogP contribution < -0.4 is 10.6 Å². The first-order valence-corrected chi connectivity index (χ1v) is 5.80. The highest BCUT2D eigenvalue weighted by molar-refractivity contribution is 6.11. The molecule has 0 spiro atoms. The molecule has 2 rings (SSSR count). The molecule has 92 valence electrons. The summed E-state index contributed by atoms with van der Waals surface area (Å²) in [5, 5.41) is 5.46. The highest BCUT2D eigenvalue weighted by Gasteiger charge is 2.28. The molecule has 0 bridgehead atoms. The van der Waals surface area contributed by atoms with Gasteiger partial charge in [0, 0.05) is 5.56 Å². The van der Waals surface area contributed by atoms with Crippen molar-refractivity contribution < 1.29 is 9.59 Å². The third-order valence-corrected chi connectivity index (χ3v) is 3.07. The summed E-state index contributed by atoms with van der Waals surface area (Å²) in [4.78, 5) is 24.1. The van der Waals surface area contributed by atoms with Gasteiger partial charge in [0.1, 0.15) is 6.04 Å². The van der Waals surface area contributed by atoms with Crippen molar-refractivity contribution in [1.82, 2.24) is 5.32 Å². The Morgan fingerprint density at radius 3 is 2.72 bits per heavy atom. The number of amides is 2. The molecule has 1 unspecified atom stereocenters. The molecule has 1 aromatic rings. The summed E-state index contributed by atoms with van der Waals surface area (Å²) in [7, 11) is 0. The van der Waals surface area contributed by atoms with Crippen molar-refractivity contribution in [3.8, 4) is 12.3 Å². The molecule has 2 amide bonds. The SMILES string of the molecule is C#Cc1ccc(C)c2c1NC(=O)C(CC)NC2=O. The number of anilines is 1. The van der Waals surface area contributed by atoms with Crippen LogP contribution in [0.25, 0.3) is 0 Å². The van der Waals surface area contributed by atoms with E-state index in [2.05, 4.69) is 16.6 Å². The smallest absolute Gasteiger partial charge is 0.254 e. The molecule has 0 radical (unpaired) electrons. The molecule has 0 saturated heterocycles. The number of terminal acetylenes is 1. The molecule has 1 aromatic carbocycles. The third-order valence-electron chi connectivity index (χ3n) is 3.07. The van der Waals surface area contributed by atoms with Crippen molar-refractivity contribution in [2.75, 3.05) is 5.32 Å². The zero-order chi connectivity index (χ0) is 13.3. The maximum Gasteiger partial charge on any atom is 0.254 e. The van der Waals surface area contributed by atoms with Gasteiger partial charge in [0.05, 0.1) is 11.3 Å². The zero-order valence-electron chi connectivity index (χ0n) is 10.3. The summed E-state index contributed by atoms with van der Waals surface area (Å²) >= 11 is 0. The molecular formula is C14H14N2O2. The lowest BCUT2D eigenvalue weighted by atomic mass is 10.0. The number of rotatable bonds is 1. The standard InChI is InChI=1S/C14H14N2O2/c1-4-9-7-6-8(3)11-12(9)16-13(17)10(5-2)15-14(11)18/h1,6-7,10H,5H2,2-3H3,(H,15,18)(H,16,17). The summed E-state index contributed by atoms with van der Waals surface area (Å²) < 4.78 is 0. The van der Waals surface area contributed by atoms with Crippen molar-refractivity contribution >= 4 is 17.5 Å². The highest BCUT2D eigenvalue weighted by atomic mass is 16.2. The third kappa shape index (κ3) is 1.84. The van der Waals surface area contributed by atoms with Gasteiger partial charge in [-0.05, 0) is 25.0 Å². The molecule has 1 atom stereocenters. The monoisotopic (exact) mass is 242 g/mol. The molecule has 0 saturated carbocycles. The summed E-state index contributed by atoms with van der Waals surface area (Å²) in [5.74, 6) is 2.00. The van der Waals surface area contributed by atoms with E-state index >= 15 is 0 Å². The first-order chi connectivity index (χ1) is 8.58. The lowest BCUT2D eigenvalue weighted by Crippen LogP contribution is -2.40. The van der Waals surface area contributed by atoms with Gasteiger partial charge in [-0.25, -0.2) is 0 Å². The normalized spacial score (nSPS) is 18.2. The fraction of sp³-hybridized carbons (Fsp3) is 0.286. The van der Waals surface area contributed by atoms with Crippen LogP contribution in [0.15, 0.2) is 12.1 Å². The van der Waals surface area contributed by atoms with Crippen LogP contribution in [0.2, 0.25) is 0 Å². The molecule has 0 aliphatic carbocycles. The molecule has 1 aliphatic heterocycles. The second-order valence-corrected chi connectivity index (χ2v) is 4.25. The van der Waals surface area contributed by atoms with E-state index in [1.165, 1.54) is 0 Å². The van der Waals surface area contributed by atoms with Crippen LogP contribution in [0.3, 0.4) is 0 Å². The summed E-state index contributed by atoms with van der Waals surface area (Å²) in [6, 6.07) is 3.00. The van der Waals surface area contributed by atoms with Crippen LogP contribution in [-0.2, 0) is 4.79 Å². The topological polar surface area (TPSA) is 58.2 Å². The van der Waals surface area contributed by atoms with Crippen LogP contribution in [-0.4, -0.2) is 17.9 Å². The number of aryl methyl sites for hydroxylation is 1. The van der Waals surface area contributed by atoms with Gasteiger partial charge in [0.15, 0.2) is 0 Å². The first-order valence-electron chi connectivity index (χ1n) is 5.80. The molecule has 18 heavy (non-hydrogen) atoms. The van der Waals surface area contributed by atoms with E-state index in [4.69, 9.17) is 6.42 Å². The lowest BCUT2D eigenvalue weighted by molar-refractivity contribution is -0.117. The van der Waals surface area contributed by atoms with Gasteiger partial charge < -0.3 is 10.6 Å². The zero-order valence-corrected chi connectivity index (χ0v) is 10.3. The molecule has 2 N–H and O–H groups in total. The average molecular weight is 242 g/mol. The Morgan fingerprint density at radius 2 is 2.11 bits per heavy atom. The summed E-state index contributed by atoms with van der Waals surface area (Å²) in [6.07, 6.45) is 5.94. The van der Waals surface area contributed by atoms with Crippen molar-refractivity contribution in [2.24, 2.45) is 0 Å². The van der Waals surface area contributed by atoms with Gasteiger partial charge in [-0.3, -0.25) is 9.59 Å². The van der Waals surface area contributed by atoms with Gasteiger partial charge in [0.25, 0.3) is 5.91 Å². The average Bonchev–Trinajstić information content (AvgIpc) is 2.47. The minimum Gasteiger partial charge on any atom is -0.340 e. The van der Waals surface area contributed by atoms with Crippen LogP contribution in [0.4, 0.5) is 5.69 Å². The van der Waals surface area contributed by atoms with Gasteiger partial charge in [-0.15, -0.1) is 6.42 Å². The number of nitrogens with one attached hydrogen (secondary N) is 2. The Labute approximate surface area is 106 Å². The Hall–Kier alpha value is -2.28. The Balaban J connectivity index is 2.63. The minimum atomic E-state index is -0.519. The molecule has 4 nitrogen and oxygen atoms in total. The summed E-state index contributed by atoms with van der Waals surface area (Å²) in [5.41, 5.74) is 2.21. The van der Waals surface area contributed by atoms with E-state index in [9.17, 15) is 9.59 Å². The largest absolute Gasteiger partial charge is 0.340 e. The van der Waals surface area contributed by atoms with E-state index in [1.54, 1.807) is 12.1 Å². The van der Waals surface area contributed by atoms with E-state index in [-0.39, 0.29) is 11.8 Å². The summed E-state index contributed by atoms with van der Waals surface area (Å²) in [6.45, 7) is 3.66. The molecular weight excluding hydrogens is 228 g/mol. The van der Waals surface area contributed by atoms with E-state index < -0.39 is 6.04 Å². The quantitative estimate of drug-likeness (QED) is 0.732. The second-order valence-electron chi connectivity index (χ2n) is 4.25. The Kier molecular flexibility index (Phi) is 3.07. The number of hydrogen-bond acceptors (Lipinski definition) is 2. The number of benzene rings is 1. The van der Waals surface area contributed by atoms with E-state index in [1.807, 2.05) is 13.8 Å². The predicted octanol–water partition coefficient (Wildman–Crippen LogP) is 1.44. The molecule has 1 heterocycles. The van der Waals surface area contributed by atoms with Gasteiger partial charge >= 0.3 is 0 Å². The van der Waals surface area contributed by atoms with Crippen LogP contribution >= 0.6 is 0 Å². The first kappa shape index (κ1) is 12.2. The molecule has 0 aromatic heterocycles. The minimum absolute atomic E-state index is 0.230. The Morgan fingerprint density at radius 1 is 1.39 bits per heavy atom. The lowest BCUT2D eigenvalue weighted by Gasteiger charge is -2.11. The van der Waals surface area contributed by atoms with Gasteiger partial charge in [-0.1, -0.05) is 18.9 Å². The molecule has 0 fully saturated rings. The number of carbonyl (C=O) groups is 2. The van der Waals surface area contributed by atoms with E-state index in [0.29, 0.717) is 23.2 Å². The Bertz CT molecular complexity index is 570. The fourth-order valence-corrected chi connectivity index (χ4v) is 2.04. The van der Waals surface area contributed by atoms with E-state index in [0.717, 1.165) is 5.56 Å². The maximum atomic E-state index is 12.1. The number of hydrogen-bond donors (Lipinski definition) is 2. The van der Waals surface area contributed by atoms with Gasteiger partial charge in [0.2, 0.25) is 5.91 Å². The molecule has 4 heteroatoms. The molecule has 1 aliphatic rings. The highest BCUT2D eigenvalue weighted by Crippen LogP contribution is 2.26. The van der Waals surface area contributed by atoms with Crippen LogP contribution in [0.5, 0.6) is 0 Å². The van der Waals surface area contributed by atoms with Crippen LogP contribution in [0.1, 0.15) is 34.8 Å². The number of carbonyl (C=O) groups excluding carboxylic acids is 2. The van der Waals surface area contributed by atoms with Crippen molar-refractivity contribution in [3.63, 3.8) is 0 Å². The maximum absolute atomic E-state index is 12.1. The number of fused-ring (bicyclic) bond motifs is 1.